The average Bonchev–Trinajstić information content (AvgIpc) is 3.47. The lowest BCUT2D eigenvalue weighted by Crippen LogP contribution is -2.33. The maximum atomic E-state index is 12.8. The Labute approximate surface area is 182 Å². The first-order valence-electron chi connectivity index (χ1n) is 9.84. The standard InChI is InChI=1S/C22H19N5O3S/c1-13-20(21-23-7-3-8-27(21)25-13)22(29)30-11-19(28)26-9-6-16-10-15(4-5-18(16)26)17-12-31-14(2)24-17/h3-5,7-8,10,12H,6,9,11H2,1-2H3. The Hall–Kier alpha value is -3.59. The highest BCUT2D eigenvalue weighted by Crippen LogP contribution is 2.32. The zero-order valence-corrected chi connectivity index (χ0v) is 17.8. The van der Waals surface area contributed by atoms with Crippen LogP contribution in [-0.4, -0.2) is 44.6 Å². The highest BCUT2D eigenvalue weighted by atomic mass is 32.1. The van der Waals surface area contributed by atoms with E-state index in [0.717, 1.165) is 33.9 Å². The molecule has 0 saturated heterocycles. The molecule has 5 rings (SSSR count). The molecule has 156 valence electrons. The molecule has 31 heavy (non-hydrogen) atoms. The van der Waals surface area contributed by atoms with E-state index in [1.165, 1.54) is 4.52 Å². The van der Waals surface area contributed by atoms with Gasteiger partial charge in [0.15, 0.2) is 12.3 Å². The zero-order valence-electron chi connectivity index (χ0n) is 17.0. The molecule has 0 N–H and O–H groups in total. The number of rotatable bonds is 4. The Kier molecular flexibility index (Phi) is 4.74. The van der Waals surface area contributed by atoms with Gasteiger partial charge in [0.1, 0.15) is 5.56 Å². The smallest absolute Gasteiger partial charge is 0.344 e. The molecule has 0 atom stereocenters. The molecular formula is C22H19N5O3S. The van der Waals surface area contributed by atoms with Crippen LogP contribution in [0.3, 0.4) is 0 Å². The Morgan fingerprint density at radius 2 is 2.13 bits per heavy atom. The third-order valence-corrected chi connectivity index (χ3v) is 6.07. The van der Waals surface area contributed by atoms with Crippen molar-refractivity contribution in [2.45, 2.75) is 20.3 Å². The Balaban J connectivity index is 1.30. The number of benzene rings is 1. The van der Waals surface area contributed by atoms with Crippen molar-refractivity contribution in [3.8, 4) is 11.3 Å². The van der Waals surface area contributed by atoms with Crippen LogP contribution in [0.4, 0.5) is 5.69 Å². The summed E-state index contributed by atoms with van der Waals surface area (Å²) in [5.74, 6) is -0.861. The van der Waals surface area contributed by atoms with Crippen LogP contribution in [0.2, 0.25) is 0 Å². The average molecular weight is 433 g/mol. The molecule has 0 aliphatic carbocycles. The van der Waals surface area contributed by atoms with Gasteiger partial charge in [-0.05, 0) is 44.0 Å². The number of amides is 1. The molecule has 0 saturated carbocycles. The minimum absolute atomic E-state index is 0.258. The van der Waals surface area contributed by atoms with Crippen molar-refractivity contribution >= 4 is 34.5 Å². The molecule has 0 radical (unpaired) electrons. The number of carbonyl (C=O) groups is 2. The molecule has 0 unspecified atom stereocenters. The monoisotopic (exact) mass is 433 g/mol. The summed E-state index contributed by atoms with van der Waals surface area (Å²) in [4.78, 5) is 35.8. The number of esters is 1. The summed E-state index contributed by atoms with van der Waals surface area (Å²) in [6.45, 7) is 3.91. The van der Waals surface area contributed by atoms with Gasteiger partial charge in [0.25, 0.3) is 5.91 Å². The molecule has 4 aromatic rings. The topological polar surface area (TPSA) is 89.7 Å². The molecule has 1 aliphatic rings. The van der Waals surface area contributed by atoms with Crippen LogP contribution in [0.25, 0.3) is 16.9 Å². The summed E-state index contributed by atoms with van der Waals surface area (Å²) in [6, 6.07) is 7.71. The third kappa shape index (κ3) is 3.46. The van der Waals surface area contributed by atoms with Crippen molar-refractivity contribution < 1.29 is 14.3 Å². The molecule has 3 aromatic heterocycles. The molecule has 8 nitrogen and oxygen atoms in total. The van der Waals surface area contributed by atoms with Gasteiger partial charge >= 0.3 is 5.97 Å². The van der Waals surface area contributed by atoms with Crippen molar-refractivity contribution in [1.29, 1.82) is 0 Å². The SMILES string of the molecule is Cc1nc(-c2ccc3c(c2)CCN3C(=O)COC(=O)c2c(C)nn3cccnc23)cs1. The van der Waals surface area contributed by atoms with Gasteiger partial charge in [-0.2, -0.15) is 5.10 Å². The van der Waals surface area contributed by atoms with Crippen LogP contribution in [0.15, 0.2) is 42.0 Å². The van der Waals surface area contributed by atoms with E-state index >= 15 is 0 Å². The van der Waals surface area contributed by atoms with E-state index in [0.29, 0.717) is 17.9 Å². The van der Waals surface area contributed by atoms with Crippen molar-refractivity contribution in [2.24, 2.45) is 0 Å². The fourth-order valence-corrected chi connectivity index (χ4v) is 4.45. The number of hydrogen-bond donors (Lipinski definition) is 0. The molecule has 1 aliphatic heterocycles. The van der Waals surface area contributed by atoms with Crippen LogP contribution >= 0.6 is 11.3 Å². The van der Waals surface area contributed by atoms with Crippen molar-refractivity contribution in [1.82, 2.24) is 19.6 Å². The quantitative estimate of drug-likeness (QED) is 0.459. The maximum Gasteiger partial charge on any atom is 0.344 e. The number of anilines is 1. The van der Waals surface area contributed by atoms with Gasteiger partial charge in [0.05, 0.1) is 16.4 Å². The summed E-state index contributed by atoms with van der Waals surface area (Å²) < 4.78 is 6.85. The van der Waals surface area contributed by atoms with Crippen LogP contribution in [0.1, 0.15) is 26.6 Å². The first-order valence-corrected chi connectivity index (χ1v) is 10.7. The number of aryl methyl sites for hydroxylation is 2. The van der Waals surface area contributed by atoms with Gasteiger partial charge < -0.3 is 9.64 Å². The van der Waals surface area contributed by atoms with E-state index < -0.39 is 5.97 Å². The van der Waals surface area contributed by atoms with E-state index in [-0.39, 0.29) is 18.1 Å². The Bertz CT molecular complexity index is 1330. The third-order valence-electron chi connectivity index (χ3n) is 5.29. The van der Waals surface area contributed by atoms with Crippen molar-refractivity contribution in [2.75, 3.05) is 18.1 Å². The van der Waals surface area contributed by atoms with E-state index in [2.05, 4.69) is 21.1 Å². The number of thiazole rings is 1. The van der Waals surface area contributed by atoms with Gasteiger partial charge in [-0.25, -0.2) is 19.3 Å². The van der Waals surface area contributed by atoms with E-state index in [1.54, 1.807) is 41.6 Å². The largest absolute Gasteiger partial charge is 0.452 e. The minimum atomic E-state index is -0.603. The molecule has 0 bridgehead atoms. The number of fused-ring (bicyclic) bond motifs is 2. The normalized spacial score (nSPS) is 12.9. The van der Waals surface area contributed by atoms with Crippen molar-refractivity contribution in [3.63, 3.8) is 0 Å². The van der Waals surface area contributed by atoms with Crippen LogP contribution < -0.4 is 4.90 Å². The zero-order chi connectivity index (χ0) is 21.5. The lowest BCUT2D eigenvalue weighted by Gasteiger charge is -2.17. The highest BCUT2D eigenvalue weighted by Gasteiger charge is 2.27. The molecule has 1 aromatic carbocycles. The lowest BCUT2D eigenvalue weighted by molar-refractivity contribution is -0.121. The van der Waals surface area contributed by atoms with Crippen LogP contribution in [0.5, 0.6) is 0 Å². The fourth-order valence-electron chi connectivity index (χ4n) is 3.83. The van der Waals surface area contributed by atoms with Crippen LogP contribution in [0, 0.1) is 13.8 Å². The van der Waals surface area contributed by atoms with Crippen molar-refractivity contribution in [3.05, 3.63) is 63.9 Å². The summed E-state index contributed by atoms with van der Waals surface area (Å²) in [5, 5.41) is 7.31. The summed E-state index contributed by atoms with van der Waals surface area (Å²) in [5.41, 5.74) is 5.12. The molecule has 0 spiro atoms. The van der Waals surface area contributed by atoms with Gasteiger partial charge in [0, 0.05) is 35.6 Å². The lowest BCUT2D eigenvalue weighted by atomic mass is 10.1. The maximum absolute atomic E-state index is 12.8. The fraction of sp³-hybridized carbons (Fsp3) is 0.227. The number of carbonyl (C=O) groups excluding carboxylic acids is 2. The van der Waals surface area contributed by atoms with E-state index in [1.807, 2.05) is 24.4 Å². The number of nitrogens with zero attached hydrogens (tertiary/aromatic N) is 5. The Morgan fingerprint density at radius 1 is 1.26 bits per heavy atom. The second kappa shape index (κ2) is 7.59. The van der Waals surface area contributed by atoms with E-state index in [9.17, 15) is 9.59 Å². The number of hydrogen-bond acceptors (Lipinski definition) is 7. The molecule has 9 heteroatoms. The Morgan fingerprint density at radius 3 is 2.94 bits per heavy atom. The number of ether oxygens (including phenoxy) is 1. The summed E-state index contributed by atoms with van der Waals surface area (Å²) in [7, 11) is 0. The summed E-state index contributed by atoms with van der Waals surface area (Å²) >= 11 is 1.61. The first kappa shape index (κ1) is 19.4. The van der Waals surface area contributed by atoms with Crippen LogP contribution in [-0.2, 0) is 16.0 Å². The molecule has 1 amide bonds. The predicted molar refractivity (Wildman–Crippen MR) is 116 cm³/mol. The van der Waals surface area contributed by atoms with Gasteiger partial charge in [-0.1, -0.05) is 6.07 Å². The van der Waals surface area contributed by atoms with Gasteiger partial charge in [-0.15, -0.1) is 11.3 Å². The molecule has 4 heterocycles. The highest BCUT2D eigenvalue weighted by molar-refractivity contribution is 7.09. The van der Waals surface area contributed by atoms with Gasteiger partial charge in [0.2, 0.25) is 0 Å². The molecular weight excluding hydrogens is 414 g/mol. The predicted octanol–water partition coefficient (Wildman–Crippen LogP) is 3.22. The molecule has 0 fully saturated rings. The number of aromatic nitrogens is 4. The van der Waals surface area contributed by atoms with Gasteiger partial charge in [-0.3, -0.25) is 4.79 Å². The second-order valence-electron chi connectivity index (χ2n) is 7.32. The first-order chi connectivity index (χ1) is 15.0. The minimum Gasteiger partial charge on any atom is -0.452 e. The second-order valence-corrected chi connectivity index (χ2v) is 8.38. The van der Waals surface area contributed by atoms with E-state index in [4.69, 9.17) is 4.74 Å². The summed E-state index contributed by atoms with van der Waals surface area (Å²) in [6.07, 6.45) is 4.05.